The third-order valence-electron chi connectivity index (χ3n) is 3.92. The molecule has 22 heavy (non-hydrogen) atoms. The minimum Gasteiger partial charge on any atom is -0.461 e. The molecule has 1 aromatic carbocycles. The molecule has 116 valence electrons. The Kier molecular flexibility index (Phi) is 3.76. The van der Waals surface area contributed by atoms with Crippen molar-refractivity contribution in [2.45, 2.75) is 27.4 Å². The van der Waals surface area contributed by atoms with Gasteiger partial charge in [0.25, 0.3) is 0 Å². The molecular formula is C17H19NO4. The van der Waals surface area contributed by atoms with Gasteiger partial charge in [-0.25, -0.2) is 4.79 Å². The van der Waals surface area contributed by atoms with E-state index in [0.717, 1.165) is 33.2 Å². The topological polar surface area (TPSA) is 78.6 Å². The molecule has 0 atom stereocenters. The molecule has 0 aliphatic heterocycles. The number of ether oxygens (including phenoxy) is 1. The highest BCUT2D eigenvalue weighted by atomic mass is 16.5. The Morgan fingerprint density at radius 2 is 1.86 bits per heavy atom. The van der Waals surface area contributed by atoms with Crippen molar-refractivity contribution in [2.75, 3.05) is 13.2 Å². The van der Waals surface area contributed by atoms with Gasteiger partial charge in [0.1, 0.15) is 16.9 Å². The van der Waals surface area contributed by atoms with Gasteiger partial charge in [-0.15, -0.1) is 0 Å². The van der Waals surface area contributed by atoms with Crippen molar-refractivity contribution in [3.8, 4) is 0 Å². The summed E-state index contributed by atoms with van der Waals surface area (Å²) in [5.74, 6) is 0.833. The van der Waals surface area contributed by atoms with Gasteiger partial charge >= 0.3 is 5.63 Å². The van der Waals surface area contributed by atoms with Gasteiger partial charge in [-0.2, -0.15) is 0 Å². The van der Waals surface area contributed by atoms with Crippen LogP contribution in [0.15, 0.2) is 25.8 Å². The van der Waals surface area contributed by atoms with Crippen LogP contribution in [0.25, 0.3) is 21.9 Å². The summed E-state index contributed by atoms with van der Waals surface area (Å²) in [5, 5.41) is 1.92. The number of furan rings is 1. The number of fused-ring (bicyclic) bond motifs is 2. The lowest BCUT2D eigenvalue weighted by molar-refractivity contribution is 0.125. The van der Waals surface area contributed by atoms with Gasteiger partial charge in [0.05, 0.1) is 18.8 Å². The lowest BCUT2D eigenvalue weighted by Gasteiger charge is -2.10. The van der Waals surface area contributed by atoms with Crippen LogP contribution in [0.5, 0.6) is 0 Å². The van der Waals surface area contributed by atoms with Crippen molar-refractivity contribution in [1.82, 2.24) is 0 Å². The standard InChI is InChI=1S/C17H19NO4/c1-9-6-12-7-13-10(2)14(8-20-5-4-18)17(19)22-16(13)11(3)15(12)21-9/h6-7H,4-5,8,18H2,1-3H3. The molecule has 0 bridgehead atoms. The number of rotatable bonds is 4. The molecule has 0 aliphatic carbocycles. The third kappa shape index (κ3) is 2.32. The van der Waals surface area contributed by atoms with Crippen molar-refractivity contribution in [3.05, 3.63) is 45.0 Å². The highest BCUT2D eigenvalue weighted by molar-refractivity contribution is 5.98. The van der Waals surface area contributed by atoms with Crippen molar-refractivity contribution < 1.29 is 13.6 Å². The molecule has 5 nitrogen and oxygen atoms in total. The highest BCUT2D eigenvalue weighted by Gasteiger charge is 2.16. The summed E-state index contributed by atoms with van der Waals surface area (Å²) in [6, 6.07) is 3.98. The SMILES string of the molecule is Cc1cc2cc3c(C)c(COCCN)c(=O)oc3c(C)c2o1. The second-order valence-electron chi connectivity index (χ2n) is 5.49. The zero-order chi connectivity index (χ0) is 15.9. The van der Waals surface area contributed by atoms with Crippen LogP contribution in [0.2, 0.25) is 0 Å². The summed E-state index contributed by atoms with van der Waals surface area (Å²) < 4.78 is 16.6. The molecule has 2 heterocycles. The smallest absolute Gasteiger partial charge is 0.342 e. The quantitative estimate of drug-likeness (QED) is 0.592. The highest BCUT2D eigenvalue weighted by Crippen LogP contribution is 2.31. The minimum absolute atomic E-state index is 0.211. The zero-order valence-electron chi connectivity index (χ0n) is 13.0. The molecule has 2 aromatic heterocycles. The van der Waals surface area contributed by atoms with Crippen LogP contribution >= 0.6 is 0 Å². The van der Waals surface area contributed by atoms with Crippen molar-refractivity contribution in [2.24, 2.45) is 5.73 Å². The number of nitrogens with two attached hydrogens (primary N) is 1. The Balaban J connectivity index is 2.25. The number of hydrogen-bond donors (Lipinski definition) is 1. The fraction of sp³-hybridized carbons (Fsp3) is 0.353. The maximum absolute atomic E-state index is 12.2. The first-order valence-corrected chi connectivity index (χ1v) is 7.26. The number of aryl methyl sites for hydroxylation is 3. The lowest BCUT2D eigenvalue weighted by atomic mass is 10.0. The molecule has 3 rings (SSSR count). The van der Waals surface area contributed by atoms with Crippen LogP contribution in [0.3, 0.4) is 0 Å². The van der Waals surface area contributed by atoms with E-state index in [1.54, 1.807) is 0 Å². The summed E-state index contributed by atoms with van der Waals surface area (Å²) in [7, 11) is 0. The summed E-state index contributed by atoms with van der Waals surface area (Å²) in [4.78, 5) is 12.2. The predicted octanol–water partition coefficient (Wildman–Crippen LogP) is 2.94. The summed E-state index contributed by atoms with van der Waals surface area (Å²) >= 11 is 0. The zero-order valence-corrected chi connectivity index (χ0v) is 13.0. The summed E-state index contributed by atoms with van der Waals surface area (Å²) in [5.41, 5.74) is 8.64. The fourth-order valence-electron chi connectivity index (χ4n) is 2.77. The third-order valence-corrected chi connectivity index (χ3v) is 3.92. The molecule has 0 saturated heterocycles. The first-order chi connectivity index (χ1) is 10.5. The molecule has 0 aliphatic rings. The Morgan fingerprint density at radius 1 is 1.09 bits per heavy atom. The van der Waals surface area contributed by atoms with Crippen molar-refractivity contribution >= 4 is 21.9 Å². The van der Waals surface area contributed by atoms with Gasteiger partial charge in [-0.3, -0.25) is 0 Å². The average Bonchev–Trinajstić information content (AvgIpc) is 2.85. The van der Waals surface area contributed by atoms with E-state index in [1.165, 1.54) is 0 Å². The van der Waals surface area contributed by atoms with Crippen molar-refractivity contribution in [1.29, 1.82) is 0 Å². The molecule has 0 amide bonds. The van der Waals surface area contributed by atoms with Gasteiger partial charge < -0.3 is 19.3 Å². The second kappa shape index (κ2) is 5.59. The molecule has 0 unspecified atom stereocenters. The largest absolute Gasteiger partial charge is 0.461 e. The van der Waals surface area contributed by atoms with E-state index in [-0.39, 0.29) is 12.2 Å². The van der Waals surface area contributed by atoms with Crippen LogP contribution < -0.4 is 11.4 Å². The monoisotopic (exact) mass is 301 g/mol. The van der Waals surface area contributed by atoms with Crippen LogP contribution in [0, 0.1) is 20.8 Å². The average molecular weight is 301 g/mol. The second-order valence-corrected chi connectivity index (χ2v) is 5.49. The van der Waals surface area contributed by atoms with E-state index in [0.29, 0.717) is 24.3 Å². The number of hydrogen-bond acceptors (Lipinski definition) is 5. The normalized spacial score (nSPS) is 11.6. The first kappa shape index (κ1) is 14.8. The van der Waals surface area contributed by atoms with Gasteiger partial charge in [0.2, 0.25) is 0 Å². The van der Waals surface area contributed by atoms with E-state index in [2.05, 4.69) is 0 Å². The summed E-state index contributed by atoms with van der Waals surface area (Å²) in [6.07, 6.45) is 0. The first-order valence-electron chi connectivity index (χ1n) is 7.26. The summed E-state index contributed by atoms with van der Waals surface area (Å²) in [6.45, 7) is 6.77. The van der Waals surface area contributed by atoms with E-state index in [4.69, 9.17) is 19.3 Å². The van der Waals surface area contributed by atoms with Gasteiger partial charge in [-0.05, 0) is 38.5 Å². The van der Waals surface area contributed by atoms with Crippen LogP contribution in [0.4, 0.5) is 0 Å². The Labute approximate surface area is 127 Å². The maximum Gasteiger partial charge on any atom is 0.342 e. The minimum atomic E-state index is -0.368. The molecule has 0 fully saturated rings. The predicted molar refractivity (Wildman–Crippen MR) is 85.2 cm³/mol. The van der Waals surface area contributed by atoms with Crippen molar-refractivity contribution in [3.63, 3.8) is 0 Å². The van der Waals surface area contributed by atoms with Gasteiger partial charge in [0, 0.05) is 22.9 Å². The number of benzene rings is 1. The lowest BCUT2D eigenvalue weighted by Crippen LogP contribution is -2.15. The molecule has 0 radical (unpaired) electrons. The van der Waals surface area contributed by atoms with Crippen LogP contribution in [0.1, 0.15) is 22.5 Å². The molecule has 3 aromatic rings. The van der Waals surface area contributed by atoms with E-state index in [1.807, 2.05) is 32.9 Å². The molecular weight excluding hydrogens is 282 g/mol. The fourth-order valence-corrected chi connectivity index (χ4v) is 2.77. The van der Waals surface area contributed by atoms with E-state index in [9.17, 15) is 4.79 Å². The van der Waals surface area contributed by atoms with Gasteiger partial charge in [0.15, 0.2) is 0 Å². The van der Waals surface area contributed by atoms with Gasteiger partial charge in [-0.1, -0.05) is 0 Å². The Morgan fingerprint density at radius 3 is 2.59 bits per heavy atom. The Bertz CT molecular complexity index is 905. The van der Waals surface area contributed by atoms with Crippen LogP contribution in [-0.2, 0) is 11.3 Å². The molecule has 2 N–H and O–H groups in total. The van der Waals surface area contributed by atoms with E-state index >= 15 is 0 Å². The molecule has 5 heteroatoms. The molecule has 0 saturated carbocycles. The Hall–Kier alpha value is -2.11. The maximum atomic E-state index is 12.2. The molecule has 0 spiro atoms. The van der Waals surface area contributed by atoms with E-state index < -0.39 is 0 Å². The van der Waals surface area contributed by atoms with Crippen LogP contribution in [-0.4, -0.2) is 13.2 Å².